The Morgan fingerprint density at radius 3 is 2.43 bits per heavy atom. The van der Waals surface area contributed by atoms with Crippen LogP contribution in [-0.4, -0.2) is 34.5 Å². The lowest BCUT2D eigenvalue weighted by molar-refractivity contribution is 0.0857. The van der Waals surface area contributed by atoms with Crippen molar-refractivity contribution in [3.63, 3.8) is 0 Å². The number of carbonyl (C=O) groups is 2. The van der Waals surface area contributed by atoms with Gasteiger partial charge in [0.25, 0.3) is 0 Å². The van der Waals surface area contributed by atoms with Crippen molar-refractivity contribution in [3.8, 4) is 0 Å². The van der Waals surface area contributed by atoms with E-state index >= 15 is 0 Å². The SMILES string of the molecule is CC(=O)c1c(C)[nH]c(C(=O)[C@@H](C)N(C)Cc2sccc2C)c1C. The largest absolute Gasteiger partial charge is 0.355 e. The molecule has 0 aromatic carbocycles. The van der Waals surface area contributed by atoms with Crippen LogP contribution in [0.3, 0.4) is 0 Å². The second-order valence-corrected chi connectivity index (χ2v) is 7.16. The van der Waals surface area contributed by atoms with Crippen LogP contribution in [-0.2, 0) is 6.54 Å². The van der Waals surface area contributed by atoms with Crippen LogP contribution in [0.5, 0.6) is 0 Å². The Labute approximate surface area is 141 Å². The minimum Gasteiger partial charge on any atom is -0.355 e. The number of rotatable bonds is 6. The van der Waals surface area contributed by atoms with Crippen molar-refractivity contribution < 1.29 is 9.59 Å². The summed E-state index contributed by atoms with van der Waals surface area (Å²) in [5, 5.41) is 2.07. The number of aryl methyl sites for hydroxylation is 2. The summed E-state index contributed by atoms with van der Waals surface area (Å²) in [5.74, 6) is 0.0142. The molecule has 5 heteroatoms. The zero-order valence-electron chi connectivity index (χ0n) is 14.6. The van der Waals surface area contributed by atoms with E-state index in [2.05, 4.69) is 23.4 Å². The van der Waals surface area contributed by atoms with Crippen LogP contribution in [0, 0.1) is 20.8 Å². The summed E-state index contributed by atoms with van der Waals surface area (Å²) in [7, 11) is 1.96. The number of aromatic amines is 1. The summed E-state index contributed by atoms with van der Waals surface area (Å²) >= 11 is 1.71. The fraction of sp³-hybridized carbons (Fsp3) is 0.444. The minimum absolute atomic E-state index is 0.00878. The van der Waals surface area contributed by atoms with Gasteiger partial charge in [0.1, 0.15) is 0 Å². The van der Waals surface area contributed by atoms with E-state index in [1.54, 1.807) is 11.3 Å². The molecular formula is C18H24N2O2S. The first-order valence-electron chi connectivity index (χ1n) is 7.71. The molecule has 1 atom stereocenters. The first-order valence-corrected chi connectivity index (χ1v) is 8.59. The van der Waals surface area contributed by atoms with Gasteiger partial charge in [-0.25, -0.2) is 0 Å². The number of nitrogens with zero attached hydrogens (tertiary/aromatic N) is 1. The molecule has 4 nitrogen and oxygen atoms in total. The van der Waals surface area contributed by atoms with Gasteiger partial charge >= 0.3 is 0 Å². The van der Waals surface area contributed by atoms with Crippen LogP contribution in [0.25, 0.3) is 0 Å². The van der Waals surface area contributed by atoms with E-state index in [0.717, 1.165) is 17.8 Å². The number of Topliss-reactive ketones (excluding diaryl/α,β-unsaturated/α-hetero) is 2. The van der Waals surface area contributed by atoms with Crippen LogP contribution in [0.1, 0.15) is 56.4 Å². The van der Waals surface area contributed by atoms with Crippen molar-refractivity contribution in [1.82, 2.24) is 9.88 Å². The number of H-pyrrole nitrogens is 1. The van der Waals surface area contributed by atoms with E-state index in [-0.39, 0.29) is 17.6 Å². The molecule has 1 N–H and O–H groups in total. The summed E-state index contributed by atoms with van der Waals surface area (Å²) in [6.07, 6.45) is 0. The molecule has 2 aromatic rings. The van der Waals surface area contributed by atoms with E-state index in [1.807, 2.05) is 32.7 Å². The second kappa shape index (κ2) is 6.81. The lowest BCUT2D eigenvalue weighted by Crippen LogP contribution is -2.36. The van der Waals surface area contributed by atoms with Crippen LogP contribution < -0.4 is 0 Å². The Hall–Kier alpha value is -1.72. The standard InChI is InChI=1S/C18H24N2O2S/c1-10-7-8-23-15(10)9-20(6)13(4)18(22)17-11(2)16(14(5)21)12(3)19-17/h7-8,13,19H,9H2,1-6H3/t13-/m1/s1. The fourth-order valence-electron chi connectivity index (χ4n) is 2.86. The molecule has 23 heavy (non-hydrogen) atoms. The molecular weight excluding hydrogens is 308 g/mol. The average Bonchev–Trinajstić information content (AvgIpc) is 3.00. The second-order valence-electron chi connectivity index (χ2n) is 6.16. The Bertz CT molecular complexity index is 742. The molecule has 0 aliphatic heterocycles. The molecule has 2 aromatic heterocycles. The zero-order valence-corrected chi connectivity index (χ0v) is 15.4. The van der Waals surface area contributed by atoms with Crippen molar-refractivity contribution in [2.45, 2.75) is 47.2 Å². The molecule has 2 heterocycles. The molecule has 0 radical (unpaired) electrons. The van der Waals surface area contributed by atoms with Gasteiger partial charge in [-0.3, -0.25) is 14.5 Å². The Morgan fingerprint density at radius 1 is 1.30 bits per heavy atom. The van der Waals surface area contributed by atoms with Gasteiger partial charge in [0.15, 0.2) is 11.6 Å². The van der Waals surface area contributed by atoms with Gasteiger partial charge < -0.3 is 4.98 Å². The summed E-state index contributed by atoms with van der Waals surface area (Å²) in [6.45, 7) is 9.95. The first kappa shape index (κ1) is 17.6. The maximum Gasteiger partial charge on any atom is 0.196 e. The van der Waals surface area contributed by atoms with Crippen molar-refractivity contribution >= 4 is 22.9 Å². The molecule has 0 saturated heterocycles. The number of thiophene rings is 1. The maximum absolute atomic E-state index is 12.8. The third kappa shape index (κ3) is 3.46. The van der Waals surface area contributed by atoms with Crippen molar-refractivity contribution in [2.75, 3.05) is 7.05 Å². The van der Waals surface area contributed by atoms with E-state index in [1.165, 1.54) is 17.4 Å². The van der Waals surface area contributed by atoms with Gasteiger partial charge in [0, 0.05) is 22.7 Å². The molecule has 0 amide bonds. The Balaban J connectivity index is 2.21. The smallest absolute Gasteiger partial charge is 0.196 e. The number of hydrogen-bond donors (Lipinski definition) is 1. The van der Waals surface area contributed by atoms with Crippen molar-refractivity contribution in [2.24, 2.45) is 0 Å². The highest BCUT2D eigenvalue weighted by molar-refractivity contribution is 7.10. The first-order chi connectivity index (χ1) is 10.7. The number of hydrogen-bond acceptors (Lipinski definition) is 4. The zero-order chi connectivity index (χ0) is 17.3. The fourth-order valence-corrected chi connectivity index (χ4v) is 3.83. The summed E-state index contributed by atoms with van der Waals surface area (Å²) in [5.41, 5.74) is 3.97. The summed E-state index contributed by atoms with van der Waals surface area (Å²) in [6, 6.07) is 1.84. The van der Waals surface area contributed by atoms with Crippen molar-refractivity contribution in [1.29, 1.82) is 0 Å². The van der Waals surface area contributed by atoms with E-state index in [9.17, 15) is 9.59 Å². The molecule has 0 aliphatic rings. The molecule has 0 aliphatic carbocycles. The van der Waals surface area contributed by atoms with Crippen LogP contribution >= 0.6 is 11.3 Å². The van der Waals surface area contributed by atoms with Gasteiger partial charge in [-0.2, -0.15) is 0 Å². The molecule has 0 spiro atoms. The molecule has 124 valence electrons. The van der Waals surface area contributed by atoms with Crippen LogP contribution in [0.15, 0.2) is 11.4 Å². The highest BCUT2D eigenvalue weighted by Crippen LogP contribution is 2.22. The molecule has 0 fully saturated rings. The average molecular weight is 332 g/mol. The van der Waals surface area contributed by atoms with Gasteiger partial charge in [-0.1, -0.05) is 0 Å². The monoisotopic (exact) mass is 332 g/mol. The van der Waals surface area contributed by atoms with Gasteiger partial charge in [0.05, 0.1) is 11.7 Å². The third-order valence-electron chi connectivity index (χ3n) is 4.44. The van der Waals surface area contributed by atoms with Gasteiger partial charge in [-0.15, -0.1) is 11.3 Å². The predicted molar refractivity (Wildman–Crippen MR) is 94.6 cm³/mol. The maximum atomic E-state index is 12.8. The predicted octanol–water partition coefficient (Wildman–Crippen LogP) is 3.91. The van der Waals surface area contributed by atoms with Gasteiger partial charge in [0.2, 0.25) is 0 Å². The molecule has 0 saturated carbocycles. The van der Waals surface area contributed by atoms with E-state index in [0.29, 0.717) is 11.3 Å². The molecule has 2 rings (SSSR count). The molecule has 0 unspecified atom stereocenters. The van der Waals surface area contributed by atoms with Gasteiger partial charge in [-0.05, 0) is 64.2 Å². The normalized spacial score (nSPS) is 12.7. The lowest BCUT2D eigenvalue weighted by atomic mass is 10.0. The summed E-state index contributed by atoms with van der Waals surface area (Å²) < 4.78 is 0. The van der Waals surface area contributed by atoms with E-state index in [4.69, 9.17) is 0 Å². The number of carbonyl (C=O) groups excluding carboxylic acids is 2. The highest BCUT2D eigenvalue weighted by atomic mass is 32.1. The third-order valence-corrected chi connectivity index (χ3v) is 5.45. The molecule has 0 bridgehead atoms. The van der Waals surface area contributed by atoms with Crippen molar-refractivity contribution in [3.05, 3.63) is 44.4 Å². The highest BCUT2D eigenvalue weighted by Gasteiger charge is 2.26. The Morgan fingerprint density at radius 2 is 1.96 bits per heavy atom. The number of aromatic nitrogens is 1. The summed E-state index contributed by atoms with van der Waals surface area (Å²) in [4.78, 5) is 31.0. The quantitative estimate of drug-likeness (QED) is 0.816. The van der Waals surface area contributed by atoms with E-state index < -0.39 is 0 Å². The number of ketones is 2. The topological polar surface area (TPSA) is 53.2 Å². The van der Waals surface area contributed by atoms with Crippen LogP contribution in [0.2, 0.25) is 0 Å². The minimum atomic E-state index is -0.256. The number of nitrogens with one attached hydrogen (secondary N) is 1. The number of likely N-dealkylation sites (N-methyl/N-ethyl adjacent to an activating group) is 1. The van der Waals surface area contributed by atoms with Crippen LogP contribution in [0.4, 0.5) is 0 Å². The Kier molecular flexibility index (Phi) is 5.22. The lowest BCUT2D eigenvalue weighted by Gasteiger charge is -2.23.